The van der Waals surface area contributed by atoms with Crippen molar-refractivity contribution in [3.8, 4) is 0 Å². The van der Waals surface area contributed by atoms with Gasteiger partial charge in [0.1, 0.15) is 0 Å². The van der Waals surface area contributed by atoms with Crippen molar-refractivity contribution < 1.29 is 0 Å². The number of amidine groups is 1. The second-order valence-corrected chi connectivity index (χ2v) is 9.96. The second-order valence-electron chi connectivity index (χ2n) is 6.92. The zero-order valence-corrected chi connectivity index (χ0v) is 19.4. The van der Waals surface area contributed by atoms with Gasteiger partial charge in [-0.25, -0.2) is 0 Å². The molecule has 0 spiro atoms. The van der Waals surface area contributed by atoms with Crippen molar-refractivity contribution in [2.75, 3.05) is 4.90 Å². The molecule has 1 atom stereocenters. The van der Waals surface area contributed by atoms with E-state index in [2.05, 4.69) is 96.7 Å². The van der Waals surface area contributed by atoms with Crippen LogP contribution in [0.3, 0.4) is 0 Å². The molecule has 0 N–H and O–H groups in total. The molecule has 26 heavy (non-hydrogen) atoms. The van der Waals surface area contributed by atoms with Gasteiger partial charge in [-0.1, -0.05) is 0 Å². The van der Waals surface area contributed by atoms with E-state index in [4.69, 9.17) is 4.99 Å². The van der Waals surface area contributed by atoms with E-state index >= 15 is 0 Å². The van der Waals surface area contributed by atoms with E-state index in [0.29, 0.717) is 15.0 Å². The summed E-state index contributed by atoms with van der Waals surface area (Å²) in [5.74, 6) is 0. The van der Waals surface area contributed by atoms with E-state index in [1.54, 1.807) is 0 Å². The number of rotatable bonds is 6. The SMILES string of the molecule is CCCC[Se]C1=NC(C)(c2ccccc2)C(=[Se])N1c1c(C)cccc1C. The van der Waals surface area contributed by atoms with E-state index in [1.807, 2.05) is 0 Å². The predicted molar refractivity (Wildman–Crippen MR) is 116 cm³/mol. The molecule has 0 saturated heterocycles. The van der Waals surface area contributed by atoms with Gasteiger partial charge in [-0.15, -0.1) is 0 Å². The van der Waals surface area contributed by atoms with Crippen molar-refractivity contribution in [1.82, 2.24) is 0 Å². The number of anilines is 1. The topological polar surface area (TPSA) is 15.6 Å². The fourth-order valence-corrected chi connectivity index (χ4v) is 6.78. The second kappa shape index (κ2) is 8.23. The van der Waals surface area contributed by atoms with Gasteiger partial charge < -0.3 is 0 Å². The number of unbranched alkanes of at least 4 members (excludes halogenated alkanes) is 1. The quantitative estimate of drug-likeness (QED) is 0.439. The van der Waals surface area contributed by atoms with E-state index in [-0.39, 0.29) is 5.54 Å². The van der Waals surface area contributed by atoms with Crippen molar-refractivity contribution in [1.29, 1.82) is 0 Å². The average molecular weight is 476 g/mol. The molecular formula is C22H26N2Se2. The van der Waals surface area contributed by atoms with Crippen LogP contribution < -0.4 is 4.90 Å². The summed E-state index contributed by atoms with van der Waals surface area (Å²) >= 11 is 3.76. The van der Waals surface area contributed by atoms with Gasteiger partial charge >= 0.3 is 172 Å². The number of hydrogen-bond acceptors (Lipinski definition) is 2. The molecule has 0 radical (unpaired) electrons. The molecule has 1 aliphatic heterocycles. The van der Waals surface area contributed by atoms with Gasteiger partial charge in [-0.3, -0.25) is 0 Å². The van der Waals surface area contributed by atoms with Gasteiger partial charge in [-0.2, -0.15) is 0 Å². The molecule has 3 rings (SSSR count). The zero-order valence-electron chi connectivity index (χ0n) is 16.0. The minimum atomic E-state index is -0.334. The first kappa shape index (κ1) is 19.6. The Morgan fingerprint density at radius 3 is 2.31 bits per heavy atom. The number of hydrogen-bond donors (Lipinski definition) is 0. The maximum absolute atomic E-state index is 5.29. The summed E-state index contributed by atoms with van der Waals surface area (Å²) in [5, 5.41) is 1.24. The van der Waals surface area contributed by atoms with Crippen LogP contribution in [-0.4, -0.2) is 39.8 Å². The summed E-state index contributed by atoms with van der Waals surface area (Å²) in [6.07, 6.45) is 2.51. The Bertz CT molecular complexity index is 809. The van der Waals surface area contributed by atoms with Crippen LogP contribution in [-0.2, 0) is 5.54 Å². The van der Waals surface area contributed by atoms with Gasteiger partial charge in [0.2, 0.25) is 0 Å². The Hall–Kier alpha value is -1.18. The predicted octanol–water partition coefficient (Wildman–Crippen LogP) is 4.62. The molecule has 0 bridgehead atoms. The van der Waals surface area contributed by atoms with Gasteiger partial charge in [0.25, 0.3) is 0 Å². The van der Waals surface area contributed by atoms with E-state index in [0.717, 1.165) is 0 Å². The van der Waals surface area contributed by atoms with Gasteiger partial charge in [-0.05, 0) is 0 Å². The van der Waals surface area contributed by atoms with Crippen LogP contribution in [0, 0.1) is 13.8 Å². The van der Waals surface area contributed by atoms with E-state index in [9.17, 15) is 0 Å². The summed E-state index contributed by atoms with van der Waals surface area (Å²) in [6, 6.07) is 17.2. The van der Waals surface area contributed by atoms with Crippen LogP contribution in [0.4, 0.5) is 5.69 Å². The molecule has 1 heterocycles. The number of benzene rings is 2. The van der Waals surface area contributed by atoms with Crippen molar-refractivity contribution >= 4 is 45.5 Å². The van der Waals surface area contributed by atoms with Gasteiger partial charge in [0.05, 0.1) is 0 Å². The summed E-state index contributed by atoms with van der Waals surface area (Å²) < 4.78 is 2.43. The Kier molecular flexibility index (Phi) is 6.20. The standard InChI is InChI=1S/C22H26N2Se2/c1-5-6-15-26-21-23-22(4,18-13-8-7-9-14-18)20(25)24(21)19-16(2)11-10-12-17(19)3/h7-14H,5-6,15H2,1-4H3. The normalized spacial score (nSPS) is 19.8. The number of para-hydroxylation sites is 1. The molecule has 0 aliphatic carbocycles. The first-order valence-corrected chi connectivity index (χ1v) is 12.1. The first-order chi connectivity index (χ1) is 12.5. The Balaban J connectivity index is 2.08. The maximum atomic E-state index is 5.29. The molecular weight excluding hydrogens is 450 g/mol. The van der Waals surface area contributed by atoms with Gasteiger partial charge in [0, 0.05) is 0 Å². The molecule has 136 valence electrons. The third-order valence-electron chi connectivity index (χ3n) is 4.86. The van der Waals surface area contributed by atoms with E-state index in [1.165, 1.54) is 49.8 Å². The molecule has 0 aromatic heterocycles. The fraction of sp³-hybridized carbons (Fsp3) is 0.364. The van der Waals surface area contributed by atoms with Crippen LogP contribution in [0.15, 0.2) is 53.5 Å². The van der Waals surface area contributed by atoms with Gasteiger partial charge in [0.15, 0.2) is 0 Å². The van der Waals surface area contributed by atoms with Crippen molar-refractivity contribution in [2.24, 2.45) is 4.99 Å². The molecule has 1 aliphatic rings. The Morgan fingerprint density at radius 2 is 1.69 bits per heavy atom. The molecule has 2 aromatic rings. The number of aryl methyl sites for hydroxylation is 2. The Morgan fingerprint density at radius 1 is 1.04 bits per heavy atom. The molecule has 4 heteroatoms. The van der Waals surface area contributed by atoms with Crippen LogP contribution >= 0.6 is 0 Å². The first-order valence-electron chi connectivity index (χ1n) is 9.18. The van der Waals surface area contributed by atoms with Crippen LogP contribution in [0.2, 0.25) is 5.32 Å². The van der Waals surface area contributed by atoms with Crippen molar-refractivity contribution in [3.05, 3.63) is 65.2 Å². The summed E-state index contributed by atoms with van der Waals surface area (Å²) in [7, 11) is 0. The average Bonchev–Trinajstić information content (AvgIpc) is 2.88. The molecule has 0 saturated carbocycles. The van der Waals surface area contributed by atoms with E-state index < -0.39 is 0 Å². The third kappa shape index (κ3) is 3.61. The van der Waals surface area contributed by atoms with Crippen molar-refractivity contribution in [2.45, 2.75) is 51.4 Å². The monoisotopic (exact) mass is 478 g/mol. The molecule has 2 nitrogen and oxygen atoms in total. The summed E-state index contributed by atoms with van der Waals surface area (Å²) in [6.45, 7) is 8.89. The summed E-state index contributed by atoms with van der Waals surface area (Å²) in [5.41, 5.74) is 4.80. The Labute approximate surface area is 171 Å². The van der Waals surface area contributed by atoms with Crippen LogP contribution in [0.1, 0.15) is 43.4 Å². The van der Waals surface area contributed by atoms with Crippen LogP contribution in [0.5, 0.6) is 0 Å². The van der Waals surface area contributed by atoms with Crippen LogP contribution in [0.25, 0.3) is 0 Å². The third-order valence-corrected chi connectivity index (χ3v) is 8.23. The number of nitrogens with zero attached hydrogens (tertiary/aromatic N) is 2. The molecule has 1 unspecified atom stereocenters. The number of aliphatic imine (C=N–C) groups is 1. The molecule has 0 amide bonds. The molecule has 0 fully saturated rings. The fourth-order valence-electron chi connectivity index (χ4n) is 3.30. The minimum absolute atomic E-state index is 0.334. The molecule has 2 aromatic carbocycles. The van der Waals surface area contributed by atoms with Crippen molar-refractivity contribution in [3.63, 3.8) is 0 Å². The summed E-state index contributed by atoms with van der Waals surface area (Å²) in [4.78, 5) is 7.70. The zero-order chi connectivity index (χ0) is 18.7.